The fourth-order valence-corrected chi connectivity index (χ4v) is 3.32. The Kier molecular flexibility index (Phi) is 5.35. The molecule has 5 heteroatoms. The topological polar surface area (TPSA) is 51.1 Å². The van der Waals surface area contributed by atoms with Crippen molar-refractivity contribution in [3.05, 3.63) is 95.2 Å². The first-order valence-electron chi connectivity index (χ1n) is 9.59. The molecule has 0 spiro atoms. The third-order valence-corrected chi connectivity index (χ3v) is 4.92. The second-order valence-corrected chi connectivity index (χ2v) is 6.91. The first-order chi connectivity index (χ1) is 14.6. The zero-order valence-corrected chi connectivity index (χ0v) is 17.1. The molecule has 0 aliphatic carbocycles. The minimum Gasteiger partial charge on any atom is -0.497 e. The van der Waals surface area contributed by atoms with Crippen LogP contribution < -0.4 is 14.4 Å². The lowest BCUT2D eigenvalue weighted by atomic mass is 10.1. The summed E-state index contributed by atoms with van der Waals surface area (Å²) >= 11 is 0. The monoisotopic (exact) mass is 398 g/mol. The smallest absolute Gasteiger partial charge is 0.282 e. The molecule has 1 heterocycles. The van der Waals surface area contributed by atoms with Crippen LogP contribution in [0.1, 0.15) is 16.7 Å². The van der Waals surface area contributed by atoms with Crippen LogP contribution in [0.25, 0.3) is 6.08 Å². The zero-order valence-electron chi connectivity index (χ0n) is 17.1. The molecule has 3 aromatic carbocycles. The summed E-state index contributed by atoms with van der Waals surface area (Å²) in [4.78, 5) is 19.7. The number of amidine groups is 1. The van der Waals surface area contributed by atoms with E-state index in [1.807, 2.05) is 79.7 Å². The Labute approximate surface area is 175 Å². The van der Waals surface area contributed by atoms with Crippen LogP contribution in [0.3, 0.4) is 0 Å². The summed E-state index contributed by atoms with van der Waals surface area (Å²) in [5.41, 5.74) is 3.87. The summed E-state index contributed by atoms with van der Waals surface area (Å²) in [6.07, 6.45) is 1.78. The lowest BCUT2D eigenvalue weighted by molar-refractivity contribution is -0.113. The Morgan fingerprint density at radius 3 is 2.23 bits per heavy atom. The summed E-state index contributed by atoms with van der Waals surface area (Å²) in [6.45, 7) is 2.01. The number of amides is 1. The molecule has 0 saturated heterocycles. The molecule has 5 nitrogen and oxygen atoms in total. The molecule has 1 aliphatic rings. The van der Waals surface area contributed by atoms with Gasteiger partial charge in [0.05, 0.1) is 25.5 Å². The van der Waals surface area contributed by atoms with E-state index >= 15 is 0 Å². The number of anilines is 1. The number of methoxy groups -OCH3 is 2. The van der Waals surface area contributed by atoms with E-state index in [-0.39, 0.29) is 5.91 Å². The SMILES string of the molecule is COc1ccc(/C=C2/N=C(c3ccccc3OC)N(c3ccc(C)cc3)C2=O)cc1. The van der Waals surface area contributed by atoms with Gasteiger partial charge in [-0.25, -0.2) is 4.99 Å². The van der Waals surface area contributed by atoms with Crippen molar-refractivity contribution >= 4 is 23.5 Å². The van der Waals surface area contributed by atoms with Crippen molar-refractivity contribution in [2.45, 2.75) is 6.92 Å². The van der Waals surface area contributed by atoms with E-state index in [4.69, 9.17) is 14.5 Å². The minimum absolute atomic E-state index is 0.185. The fraction of sp³-hybridized carbons (Fsp3) is 0.120. The van der Waals surface area contributed by atoms with Gasteiger partial charge in [-0.05, 0) is 55.0 Å². The maximum Gasteiger partial charge on any atom is 0.282 e. The molecular formula is C25H22N2O3. The van der Waals surface area contributed by atoms with Gasteiger partial charge < -0.3 is 9.47 Å². The van der Waals surface area contributed by atoms with Crippen LogP contribution in [-0.4, -0.2) is 26.0 Å². The highest BCUT2D eigenvalue weighted by molar-refractivity contribution is 6.33. The van der Waals surface area contributed by atoms with Crippen LogP contribution in [0.15, 0.2) is 83.5 Å². The minimum atomic E-state index is -0.185. The zero-order chi connectivity index (χ0) is 21.1. The van der Waals surface area contributed by atoms with E-state index in [0.29, 0.717) is 17.3 Å². The summed E-state index contributed by atoms with van der Waals surface area (Å²) in [5.74, 6) is 1.78. The molecule has 0 atom stereocenters. The molecule has 0 aromatic heterocycles. The standard InChI is InChI=1S/C25H22N2O3/c1-17-8-12-19(13-9-17)27-24(21-6-4-5-7-23(21)30-3)26-22(25(27)28)16-18-10-14-20(29-2)15-11-18/h4-16H,1-3H3/b22-16+. The van der Waals surface area contributed by atoms with Gasteiger partial charge in [0.1, 0.15) is 17.2 Å². The van der Waals surface area contributed by atoms with Crippen LogP contribution in [0.5, 0.6) is 11.5 Å². The molecule has 150 valence electrons. The number of carbonyl (C=O) groups is 1. The Hall–Kier alpha value is -3.86. The molecule has 0 radical (unpaired) electrons. The van der Waals surface area contributed by atoms with Gasteiger partial charge in [-0.15, -0.1) is 0 Å². The predicted octanol–water partition coefficient (Wildman–Crippen LogP) is 4.85. The van der Waals surface area contributed by atoms with Gasteiger partial charge in [-0.3, -0.25) is 9.69 Å². The van der Waals surface area contributed by atoms with Crippen molar-refractivity contribution < 1.29 is 14.3 Å². The highest BCUT2D eigenvalue weighted by Crippen LogP contribution is 2.31. The van der Waals surface area contributed by atoms with Crippen LogP contribution in [0.2, 0.25) is 0 Å². The van der Waals surface area contributed by atoms with Crippen molar-refractivity contribution in [2.24, 2.45) is 4.99 Å². The van der Waals surface area contributed by atoms with Crippen molar-refractivity contribution in [1.82, 2.24) is 0 Å². The van der Waals surface area contributed by atoms with Crippen LogP contribution in [0, 0.1) is 6.92 Å². The van der Waals surface area contributed by atoms with Gasteiger partial charge in [0.25, 0.3) is 5.91 Å². The molecular weight excluding hydrogens is 376 g/mol. The summed E-state index contributed by atoms with van der Waals surface area (Å²) in [5, 5.41) is 0. The van der Waals surface area contributed by atoms with Gasteiger partial charge in [0.15, 0.2) is 5.84 Å². The first-order valence-corrected chi connectivity index (χ1v) is 9.59. The van der Waals surface area contributed by atoms with Crippen LogP contribution in [-0.2, 0) is 4.79 Å². The van der Waals surface area contributed by atoms with Crippen molar-refractivity contribution in [1.29, 1.82) is 0 Å². The molecule has 1 aliphatic heterocycles. The Morgan fingerprint density at radius 2 is 1.57 bits per heavy atom. The summed E-state index contributed by atoms with van der Waals surface area (Å²) in [7, 11) is 3.23. The molecule has 30 heavy (non-hydrogen) atoms. The Bertz CT molecular complexity index is 1130. The summed E-state index contributed by atoms with van der Waals surface area (Å²) < 4.78 is 10.7. The Morgan fingerprint density at radius 1 is 0.867 bits per heavy atom. The van der Waals surface area contributed by atoms with E-state index in [1.54, 1.807) is 25.2 Å². The first kappa shape index (κ1) is 19.5. The van der Waals surface area contributed by atoms with Gasteiger partial charge in [-0.1, -0.05) is 42.0 Å². The molecule has 0 N–H and O–H groups in total. The lowest BCUT2D eigenvalue weighted by Crippen LogP contribution is -2.32. The lowest BCUT2D eigenvalue weighted by Gasteiger charge is -2.20. The van der Waals surface area contributed by atoms with Crippen molar-refractivity contribution in [3.8, 4) is 11.5 Å². The predicted molar refractivity (Wildman–Crippen MR) is 119 cm³/mol. The number of benzene rings is 3. The maximum absolute atomic E-state index is 13.4. The number of rotatable bonds is 5. The second kappa shape index (κ2) is 8.25. The maximum atomic E-state index is 13.4. The number of para-hydroxylation sites is 1. The third kappa shape index (κ3) is 3.70. The number of carbonyl (C=O) groups excluding carboxylic acids is 1. The average molecular weight is 398 g/mol. The number of ether oxygens (including phenoxy) is 2. The van der Waals surface area contributed by atoms with Gasteiger partial charge in [-0.2, -0.15) is 0 Å². The normalized spacial score (nSPS) is 14.8. The number of hydrogen-bond donors (Lipinski definition) is 0. The van der Waals surface area contributed by atoms with Crippen molar-refractivity contribution in [3.63, 3.8) is 0 Å². The van der Waals surface area contributed by atoms with E-state index in [0.717, 1.165) is 28.1 Å². The number of aryl methyl sites for hydroxylation is 1. The summed E-state index contributed by atoms with van der Waals surface area (Å²) in [6, 6.07) is 22.9. The van der Waals surface area contributed by atoms with Gasteiger partial charge >= 0.3 is 0 Å². The largest absolute Gasteiger partial charge is 0.497 e. The second-order valence-electron chi connectivity index (χ2n) is 6.91. The molecule has 0 saturated carbocycles. The van der Waals surface area contributed by atoms with E-state index in [2.05, 4.69) is 0 Å². The number of nitrogens with zero attached hydrogens (tertiary/aromatic N) is 2. The number of hydrogen-bond acceptors (Lipinski definition) is 4. The average Bonchev–Trinajstić information content (AvgIpc) is 3.10. The van der Waals surface area contributed by atoms with Gasteiger partial charge in [0.2, 0.25) is 0 Å². The molecule has 0 fully saturated rings. The molecule has 0 unspecified atom stereocenters. The molecule has 4 rings (SSSR count). The highest BCUT2D eigenvalue weighted by atomic mass is 16.5. The molecule has 0 bridgehead atoms. The quantitative estimate of drug-likeness (QED) is 0.578. The molecule has 3 aromatic rings. The Balaban J connectivity index is 1.82. The van der Waals surface area contributed by atoms with E-state index in [1.165, 1.54) is 0 Å². The van der Waals surface area contributed by atoms with E-state index in [9.17, 15) is 4.79 Å². The third-order valence-electron chi connectivity index (χ3n) is 4.92. The van der Waals surface area contributed by atoms with Gasteiger partial charge in [0, 0.05) is 0 Å². The van der Waals surface area contributed by atoms with Crippen LogP contribution in [0.4, 0.5) is 5.69 Å². The highest BCUT2D eigenvalue weighted by Gasteiger charge is 2.33. The molecule has 1 amide bonds. The van der Waals surface area contributed by atoms with E-state index < -0.39 is 0 Å². The fourth-order valence-electron chi connectivity index (χ4n) is 3.32. The van der Waals surface area contributed by atoms with Crippen LogP contribution >= 0.6 is 0 Å². The number of aliphatic imine (C=N–C) groups is 1. The van der Waals surface area contributed by atoms with Crippen molar-refractivity contribution in [2.75, 3.05) is 19.1 Å².